The predicted molar refractivity (Wildman–Crippen MR) is 230 cm³/mol. The number of rotatable bonds is 7. The highest BCUT2D eigenvalue weighted by atomic mass is 35.5. The molecule has 2 saturated heterocycles. The lowest BCUT2D eigenvalue weighted by atomic mass is 10.0. The molecule has 308 valence electrons. The molecule has 14 heteroatoms. The minimum absolute atomic E-state index is 0. The van der Waals surface area contributed by atoms with Gasteiger partial charge in [0.05, 0.1) is 30.5 Å². The normalized spacial score (nSPS) is 16.8. The van der Waals surface area contributed by atoms with Gasteiger partial charge < -0.3 is 44.2 Å². The summed E-state index contributed by atoms with van der Waals surface area (Å²) in [4.78, 5) is 36.0. The number of carboxylic acid groups (broad SMARTS) is 1. The molecule has 6 heterocycles. The van der Waals surface area contributed by atoms with E-state index in [9.17, 15) is 9.59 Å². The fourth-order valence-electron chi connectivity index (χ4n) is 6.87. The van der Waals surface area contributed by atoms with E-state index in [-0.39, 0.29) is 47.3 Å². The summed E-state index contributed by atoms with van der Waals surface area (Å²) >= 11 is 0. The largest absolute Gasteiger partial charge is 0.476 e. The maximum Gasteiger partial charge on any atom is 0.356 e. The Balaban J connectivity index is 0.000000181. The first-order chi connectivity index (χ1) is 27.2. The van der Waals surface area contributed by atoms with Crippen molar-refractivity contribution < 1.29 is 24.2 Å². The molecule has 6 aromatic rings. The molecule has 2 aliphatic rings. The molecule has 8 rings (SSSR count). The topological polar surface area (TPSA) is 152 Å². The van der Waals surface area contributed by atoms with Crippen LogP contribution in [0.1, 0.15) is 85.7 Å². The highest BCUT2D eigenvalue weighted by molar-refractivity contribution is 5.93. The molecule has 4 aromatic heterocycles. The van der Waals surface area contributed by atoms with Crippen LogP contribution in [0.2, 0.25) is 0 Å². The number of hydrogen-bond acceptors (Lipinski definition) is 9. The Bertz CT molecular complexity index is 2200. The summed E-state index contributed by atoms with van der Waals surface area (Å²) in [5.74, 6) is -1.17. The van der Waals surface area contributed by atoms with Crippen LogP contribution in [0.25, 0.3) is 11.3 Å². The number of fused-ring (bicyclic) bond motifs is 2. The first-order valence-corrected chi connectivity index (χ1v) is 19.3. The molecule has 0 radical (unpaired) electrons. The average molecular weight is 811 g/mol. The number of halogens is 1. The van der Waals surface area contributed by atoms with Crippen LogP contribution < -0.4 is 20.9 Å². The fourth-order valence-corrected chi connectivity index (χ4v) is 6.87. The van der Waals surface area contributed by atoms with E-state index in [1.165, 1.54) is 23.1 Å². The van der Waals surface area contributed by atoms with Crippen molar-refractivity contribution in [2.75, 3.05) is 49.2 Å². The Kier molecular flexibility index (Phi) is 14.2. The van der Waals surface area contributed by atoms with Crippen LogP contribution in [0.15, 0.2) is 110 Å². The van der Waals surface area contributed by atoms with Crippen molar-refractivity contribution in [2.24, 2.45) is 5.73 Å². The minimum Gasteiger partial charge on any atom is -0.476 e. The number of aromatic carboxylic acids is 1. The van der Waals surface area contributed by atoms with E-state index in [0.29, 0.717) is 11.3 Å². The quantitative estimate of drug-likeness (QED) is 0.151. The van der Waals surface area contributed by atoms with Crippen LogP contribution in [-0.2, 0) is 9.47 Å². The van der Waals surface area contributed by atoms with Gasteiger partial charge in [0.15, 0.2) is 5.69 Å². The number of anilines is 2. The van der Waals surface area contributed by atoms with Crippen molar-refractivity contribution in [1.29, 1.82) is 0 Å². The highest BCUT2D eigenvalue weighted by Crippen LogP contribution is 2.26. The maximum atomic E-state index is 12.6. The SMILES string of the molecule is C[C@@H](N)c1ccc(N2CCOC(C)(C)C2)cc1.C[C@@H](NC(=O)c1cn2ccccc2n1)c1ccc(N2CCOC(C)(C)C2)cc1.Cl.O=C(O)c1cn2ccccc2n1. The zero-order chi connectivity index (χ0) is 40.7. The number of carbonyl (C=O) groups excluding carboxylic acids is 1. The van der Waals surface area contributed by atoms with Gasteiger partial charge in [-0.3, -0.25) is 4.79 Å². The number of pyridine rings is 2. The number of hydrogen-bond donors (Lipinski definition) is 3. The smallest absolute Gasteiger partial charge is 0.356 e. The lowest BCUT2D eigenvalue weighted by molar-refractivity contribution is -0.0280. The van der Waals surface area contributed by atoms with Crippen molar-refractivity contribution in [1.82, 2.24) is 24.1 Å². The van der Waals surface area contributed by atoms with Crippen molar-refractivity contribution in [3.63, 3.8) is 0 Å². The molecule has 2 aromatic carbocycles. The second-order valence-electron chi connectivity index (χ2n) is 15.7. The number of amides is 1. The first-order valence-electron chi connectivity index (χ1n) is 19.3. The van der Waals surface area contributed by atoms with E-state index in [2.05, 4.69) is 101 Å². The van der Waals surface area contributed by atoms with Gasteiger partial charge in [0, 0.05) is 68.4 Å². The molecule has 0 bridgehead atoms. The Morgan fingerprint density at radius 1 is 0.707 bits per heavy atom. The predicted octanol–water partition coefficient (Wildman–Crippen LogP) is 7.22. The summed E-state index contributed by atoms with van der Waals surface area (Å²) in [5, 5.41) is 11.6. The van der Waals surface area contributed by atoms with Crippen LogP contribution in [0.4, 0.5) is 11.4 Å². The summed E-state index contributed by atoms with van der Waals surface area (Å²) in [6.45, 7) is 17.7. The zero-order valence-electron chi connectivity index (χ0n) is 34.0. The highest BCUT2D eigenvalue weighted by Gasteiger charge is 2.28. The molecule has 4 N–H and O–H groups in total. The Labute approximate surface area is 346 Å². The molecule has 1 amide bonds. The van der Waals surface area contributed by atoms with Gasteiger partial charge in [0.1, 0.15) is 17.0 Å². The number of nitrogens with two attached hydrogens (primary N) is 1. The lowest BCUT2D eigenvalue weighted by Crippen LogP contribution is -2.48. The number of morpholine rings is 2. The van der Waals surface area contributed by atoms with Crippen molar-refractivity contribution in [2.45, 2.75) is 64.8 Å². The van der Waals surface area contributed by atoms with Crippen molar-refractivity contribution >= 4 is 47.0 Å². The lowest BCUT2D eigenvalue weighted by Gasteiger charge is -2.39. The van der Waals surface area contributed by atoms with Crippen LogP contribution in [0, 0.1) is 0 Å². The second kappa shape index (κ2) is 18.9. The van der Waals surface area contributed by atoms with Crippen LogP contribution in [-0.4, -0.2) is 86.3 Å². The van der Waals surface area contributed by atoms with Gasteiger partial charge in [-0.05, 0) is 101 Å². The number of benzene rings is 2. The summed E-state index contributed by atoms with van der Waals surface area (Å²) in [6.07, 6.45) is 6.88. The van der Waals surface area contributed by atoms with E-state index in [1.807, 2.05) is 54.8 Å². The second-order valence-corrected chi connectivity index (χ2v) is 15.7. The number of aromatic nitrogens is 4. The number of carbonyl (C=O) groups is 2. The van der Waals surface area contributed by atoms with Gasteiger partial charge in [-0.1, -0.05) is 36.4 Å². The molecule has 2 fully saturated rings. The van der Waals surface area contributed by atoms with Crippen LogP contribution in [0.3, 0.4) is 0 Å². The van der Waals surface area contributed by atoms with Crippen LogP contribution in [0.5, 0.6) is 0 Å². The minimum atomic E-state index is -1.00. The van der Waals surface area contributed by atoms with E-state index in [1.54, 1.807) is 22.9 Å². The van der Waals surface area contributed by atoms with E-state index < -0.39 is 5.97 Å². The summed E-state index contributed by atoms with van der Waals surface area (Å²) in [7, 11) is 0. The van der Waals surface area contributed by atoms with Gasteiger partial charge in [-0.2, -0.15) is 0 Å². The van der Waals surface area contributed by atoms with E-state index in [0.717, 1.165) is 50.6 Å². The van der Waals surface area contributed by atoms with E-state index >= 15 is 0 Å². The summed E-state index contributed by atoms with van der Waals surface area (Å²) < 4.78 is 15.0. The molecule has 0 saturated carbocycles. The summed E-state index contributed by atoms with van der Waals surface area (Å²) in [5.41, 5.74) is 12.2. The average Bonchev–Trinajstić information content (AvgIpc) is 3.83. The standard InChI is InChI=1S/C22H26N4O2.C14H22N2O.C8H6N2O2.ClH/c1-16(23-21(27)19-14-25-11-5-4-6-20(25)24-19)17-7-9-18(10-8-17)26-12-13-28-22(2,3)15-26;1-11(15)12-4-6-13(7-5-12)16-8-9-17-14(2,3)10-16;11-8(12)6-5-10-4-2-1-3-7(10)9-6;/h4-11,14,16H,12-13,15H2,1-3H3,(H,23,27);4-7,11H,8-10,15H2,1-3H3;1-5H,(H,11,12);1H/t16-;11-;;/m11../s1. The number of imidazole rings is 2. The molecule has 2 aliphatic heterocycles. The van der Waals surface area contributed by atoms with Crippen molar-refractivity contribution in [3.05, 3.63) is 132 Å². The molecule has 58 heavy (non-hydrogen) atoms. The third-order valence-corrected chi connectivity index (χ3v) is 9.92. The summed E-state index contributed by atoms with van der Waals surface area (Å²) in [6, 6.07) is 28.0. The molecule has 0 aliphatic carbocycles. The molecule has 0 unspecified atom stereocenters. The van der Waals surface area contributed by atoms with Gasteiger partial charge in [-0.25, -0.2) is 14.8 Å². The number of carboxylic acids is 1. The fraction of sp³-hybridized carbons (Fsp3) is 0.364. The molecule has 13 nitrogen and oxygen atoms in total. The monoisotopic (exact) mass is 810 g/mol. The Morgan fingerprint density at radius 2 is 1.16 bits per heavy atom. The van der Waals surface area contributed by atoms with Gasteiger partial charge in [0.2, 0.25) is 0 Å². The molecule has 0 spiro atoms. The maximum absolute atomic E-state index is 12.6. The zero-order valence-corrected chi connectivity index (χ0v) is 34.9. The first kappa shape index (κ1) is 43.6. The van der Waals surface area contributed by atoms with Gasteiger partial charge in [-0.15, -0.1) is 12.4 Å². The molecule has 2 atom stereocenters. The van der Waals surface area contributed by atoms with Crippen LogP contribution >= 0.6 is 12.4 Å². The van der Waals surface area contributed by atoms with Gasteiger partial charge >= 0.3 is 5.97 Å². The number of ether oxygens (including phenoxy) is 2. The Morgan fingerprint density at radius 3 is 1.59 bits per heavy atom. The third kappa shape index (κ3) is 11.3. The number of nitrogens with zero attached hydrogens (tertiary/aromatic N) is 6. The molecular weight excluding hydrogens is 756 g/mol. The number of nitrogens with one attached hydrogen (secondary N) is 1. The Hall–Kier alpha value is -5.47. The van der Waals surface area contributed by atoms with E-state index in [4.69, 9.17) is 20.3 Å². The van der Waals surface area contributed by atoms with Crippen molar-refractivity contribution in [3.8, 4) is 0 Å². The van der Waals surface area contributed by atoms with Gasteiger partial charge in [0.25, 0.3) is 5.91 Å². The third-order valence-electron chi connectivity index (χ3n) is 9.92. The molecular formula is C44H55ClN8O5.